The Bertz CT molecular complexity index is 529. The van der Waals surface area contributed by atoms with Gasteiger partial charge in [0, 0.05) is 24.6 Å². The van der Waals surface area contributed by atoms with Crippen LogP contribution in [0, 0.1) is 5.92 Å². The summed E-state index contributed by atoms with van der Waals surface area (Å²) >= 11 is 0. The van der Waals surface area contributed by atoms with E-state index in [-0.39, 0.29) is 23.2 Å². The van der Waals surface area contributed by atoms with Crippen molar-refractivity contribution in [2.24, 2.45) is 5.92 Å². The SMILES string of the molecule is CC(=O)C1CCN(C(=O)c2ccc(C(F)(F)F)cc2)CC1. The van der Waals surface area contributed by atoms with Gasteiger partial charge in [-0.2, -0.15) is 13.2 Å². The number of benzene rings is 1. The maximum Gasteiger partial charge on any atom is 0.416 e. The monoisotopic (exact) mass is 299 g/mol. The predicted molar refractivity (Wildman–Crippen MR) is 70.8 cm³/mol. The van der Waals surface area contributed by atoms with Crippen molar-refractivity contribution in [1.82, 2.24) is 4.90 Å². The molecule has 21 heavy (non-hydrogen) atoms. The molecule has 2 rings (SSSR count). The van der Waals surface area contributed by atoms with Crippen molar-refractivity contribution in [1.29, 1.82) is 0 Å². The van der Waals surface area contributed by atoms with Crippen molar-refractivity contribution >= 4 is 11.7 Å². The summed E-state index contributed by atoms with van der Waals surface area (Å²) in [5.74, 6) is -0.177. The largest absolute Gasteiger partial charge is 0.416 e. The maximum atomic E-state index is 12.5. The van der Waals surface area contributed by atoms with Crippen molar-refractivity contribution < 1.29 is 22.8 Å². The zero-order valence-electron chi connectivity index (χ0n) is 11.6. The van der Waals surface area contributed by atoms with Gasteiger partial charge in [-0.05, 0) is 44.0 Å². The number of hydrogen-bond donors (Lipinski definition) is 0. The fourth-order valence-corrected chi connectivity index (χ4v) is 2.47. The van der Waals surface area contributed by atoms with Gasteiger partial charge in [0.05, 0.1) is 5.56 Å². The van der Waals surface area contributed by atoms with Crippen molar-refractivity contribution in [2.45, 2.75) is 25.9 Å². The average Bonchev–Trinajstić information content (AvgIpc) is 2.46. The number of rotatable bonds is 2. The molecule has 1 aliphatic heterocycles. The molecule has 114 valence electrons. The Balaban J connectivity index is 2.03. The van der Waals surface area contributed by atoms with E-state index < -0.39 is 11.7 Å². The lowest BCUT2D eigenvalue weighted by atomic mass is 9.93. The second-order valence-electron chi connectivity index (χ2n) is 5.25. The molecule has 0 spiro atoms. The number of carbonyl (C=O) groups is 2. The predicted octanol–water partition coefficient (Wildman–Crippen LogP) is 3.15. The molecule has 0 radical (unpaired) electrons. The van der Waals surface area contributed by atoms with Crippen LogP contribution < -0.4 is 0 Å². The van der Waals surface area contributed by atoms with Crippen molar-refractivity contribution in [3.05, 3.63) is 35.4 Å². The van der Waals surface area contributed by atoms with E-state index in [4.69, 9.17) is 0 Å². The molecular formula is C15H16F3NO2. The lowest BCUT2D eigenvalue weighted by Crippen LogP contribution is -2.39. The van der Waals surface area contributed by atoms with Crippen molar-refractivity contribution in [3.63, 3.8) is 0 Å². The average molecular weight is 299 g/mol. The Kier molecular flexibility index (Phi) is 4.34. The highest BCUT2D eigenvalue weighted by molar-refractivity contribution is 5.94. The number of carbonyl (C=O) groups excluding carboxylic acids is 2. The third-order valence-corrected chi connectivity index (χ3v) is 3.82. The molecular weight excluding hydrogens is 283 g/mol. The lowest BCUT2D eigenvalue weighted by molar-refractivity contribution is -0.137. The molecule has 1 aromatic rings. The first-order chi connectivity index (χ1) is 9.79. The molecule has 0 aliphatic carbocycles. The van der Waals surface area contributed by atoms with Crippen LogP contribution in [0.3, 0.4) is 0 Å². The van der Waals surface area contributed by atoms with Gasteiger partial charge < -0.3 is 4.90 Å². The number of Topliss-reactive ketones (excluding diaryl/α,β-unsaturated/α-hetero) is 1. The Morgan fingerprint density at radius 3 is 2.05 bits per heavy atom. The Morgan fingerprint density at radius 2 is 1.62 bits per heavy atom. The first-order valence-corrected chi connectivity index (χ1v) is 6.76. The summed E-state index contributed by atoms with van der Waals surface area (Å²) < 4.78 is 37.4. The molecule has 0 unspecified atom stereocenters. The van der Waals surface area contributed by atoms with Gasteiger partial charge in [0.15, 0.2) is 0 Å². The molecule has 6 heteroatoms. The van der Waals surface area contributed by atoms with Gasteiger partial charge >= 0.3 is 6.18 Å². The standard InChI is InChI=1S/C15H16F3NO2/c1-10(20)11-6-8-19(9-7-11)14(21)12-2-4-13(5-3-12)15(16,17)18/h2-5,11H,6-9H2,1H3. The van der Waals surface area contributed by atoms with Crippen LogP contribution in [0.2, 0.25) is 0 Å². The molecule has 1 fully saturated rings. The van der Waals surface area contributed by atoms with Crippen LogP contribution in [-0.4, -0.2) is 29.7 Å². The minimum atomic E-state index is -4.40. The summed E-state index contributed by atoms with van der Waals surface area (Å²) in [4.78, 5) is 25.0. The molecule has 0 bridgehead atoms. The van der Waals surface area contributed by atoms with Crippen LogP contribution in [0.15, 0.2) is 24.3 Å². The number of piperidine rings is 1. The fraction of sp³-hybridized carbons (Fsp3) is 0.467. The first-order valence-electron chi connectivity index (χ1n) is 6.76. The number of ketones is 1. The zero-order valence-corrected chi connectivity index (χ0v) is 11.6. The van der Waals surface area contributed by atoms with E-state index in [1.807, 2.05) is 0 Å². The van der Waals surface area contributed by atoms with Crippen LogP contribution in [-0.2, 0) is 11.0 Å². The summed E-state index contributed by atoms with van der Waals surface area (Å²) in [6.45, 7) is 2.46. The molecule has 0 atom stereocenters. The summed E-state index contributed by atoms with van der Waals surface area (Å²) in [6, 6.07) is 4.22. The number of halogens is 3. The van der Waals surface area contributed by atoms with Crippen LogP contribution in [0.1, 0.15) is 35.7 Å². The summed E-state index contributed by atoms with van der Waals surface area (Å²) in [6.07, 6.45) is -3.18. The molecule has 0 saturated carbocycles. The summed E-state index contributed by atoms with van der Waals surface area (Å²) in [7, 11) is 0. The number of hydrogen-bond acceptors (Lipinski definition) is 2. The van der Waals surface area contributed by atoms with E-state index in [1.165, 1.54) is 19.1 Å². The molecule has 1 amide bonds. The molecule has 1 saturated heterocycles. The number of nitrogens with zero attached hydrogens (tertiary/aromatic N) is 1. The quantitative estimate of drug-likeness (QED) is 0.841. The van der Waals surface area contributed by atoms with Gasteiger partial charge in [0.2, 0.25) is 0 Å². The van der Waals surface area contributed by atoms with Gasteiger partial charge in [-0.1, -0.05) is 0 Å². The Hall–Kier alpha value is -1.85. The summed E-state index contributed by atoms with van der Waals surface area (Å²) in [5, 5.41) is 0. The van der Waals surface area contributed by atoms with Crippen LogP contribution in [0.25, 0.3) is 0 Å². The van der Waals surface area contributed by atoms with Gasteiger partial charge in [-0.3, -0.25) is 9.59 Å². The molecule has 1 heterocycles. The normalized spacial score (nSPS) is 16.9. The molecule has 3 nitrogen and oxygen atoms in total. The summed E-state index contributed by atoms with van der Waals surface area (Å²) in [5.41, 5.74) is -0.529. The number of alkyl halides is 3. The third-order valence-electron chi connectivity index (χ3n) is 3.82. The van der Waals surface area contributed by atoms with Gasteiger partial charge in [0.1, 0.15) is 5.78 Å². The topological polar surface area (TPSA) is 37.4 Å². The van der Waals surface area contributed by atoms with Crippen molar-refractivity contribution in [2.75, 3.05) is 13.1 Å². The Labute approximate surface area is 120 Å². The van der Waals surface area contributed by atoms with Gasteiger partial charge in [-0.15, -0.1) is 0 Å². The minimum absolute atomic E-state index is 0.0124. The van der Waals surface area contributed by atoms with E-state index in [0.29, 0.717) is 25.9 Å². The van der Waals surface area contributed by atoms with E-state index in [2.05, 4.69) is 0 Å². The zero-order chi connectivity index (χ0) is 15.6. The number of amides is 1. The van der Waals surface area contributed by atoms with Gasteiger partial charge in [0.25, 0.3) is 5.91 Å². The molecule has 1 aromatic carbocycles. The van der Waals surface area contributed by atoms with E-state index in [1.54, 1.807) is 4.90 Å². The van der Waals surface area contributed by atoms with E-state index in [0.717, 1.165) is 12.1 Å². The second kappa shape index (κ2) is 5.87. The third kappa shape index (κ3) is 3.62. The molecule has 0 N–H and O–H groups in total. The van der Waals surface area contributed by atoms with Crippen molar-refractivity contribution in [3.8, 4) is 0 Å². The molecule has 0 aromatic heterocycles. The fourth-order valence-electron chi connectivity index (χ4n) is 2.47. The van der Waals surface area contributed by atoms with E-state index in [9.17, 15) is 22.8 Å². The van der Waals surface area contributed by atoms with E-state index >= 15 is 0 Å². The smallest absolute Gasteiger partial charge is 0.339 e. The maximum absolute atomic E-state index is 12.5. The number of likely N-dealkylation sites (tertiary alicyclic amines) is 1. The lowest BCUT2D eigenvalue weighted by Gasteiger charge is -2.31. The van der Waals surface area contributed by atoms with Crippen LogP contribution in [0.4, 0.5) is 13.2 Å². The molecule has 1 aliphatic rings. The first kappa shape index (κ1) is 15.5. The highest BCUT2D eigenvalue weighted by atomic mass is 19.4. The highest BCUT2D eigenvalue weighted by Gasteiger charge is 2.31. The highest BCUT2D eigenvalue weighted by Crippen LogP contribution is 2.29. The van der Waals surface area contributed by atoms with Crippen LogP contribution >= 0.6 is 0 Å². The van der Waals surface area contributed by atoms with Crippen LogP contribution in [0.5, 0.6) is 0 Å². The second-order valence-corrected chi connectivity index (χ2v) is 5.25. The Morgan fingerprint density at radius 1 is 1.10 bits per heavy atom. The minimum Gasteiger partial charge on any atom is -0.339 e. The van der Waals surface area contributed by atoms with Gasteiger partial charge in [-0.25, -0.2) is 0 Å².